The number of hydrogen-bond donors (Lipinski definition) is 1. The molecular formula is C19H16N2O2S. The molecule has 1 amide bonds. The molecule has 0 bridgehead atoms. The third-order valence-electron chi connectivity index (χ3n) is 3.43. The minimum absolute atomic E-state index is 0.180. The molecule has 0 saturated heterocycles. The van der Waals surface area contributed by atoms with E-state index in [0.29, 0.717) is 16.4 Å². The molecule has 2 aromatic carbocycles. The average molecular weight is 336 g/mol. The topological polar surface area (TPSA) is 45.5 Å². The Kier molecular flexibility index (Phi) is 5.03. The molecule has 5 heteroatoms. The second-order valence-electron chi connectivity index (χ2n) is 5.13. The number of nitrogens with zero attached hydrogens (tertiary/aromatic N) is 1. The van der Waals surface area contributed by atoms with Gasteiger partial charge in [0.05, 0.1) is 12.8 Å². The number of furan rings is 1. The van der Waals surface area contributed by atoms with Crippen molar-refractivity contribution in [1.82, 2.24) is 4.90 Å². The van der Waals surface area contributed by atoms with E-state index in [-0.39, 0.29) is 12.5 Å². The van der Waals surface area contributed by atoms with Gasteiger partial charge in [-0.05, 0) is 48.6 Å². The van der Waals surface area contributed by atoms with Crippen LogP contribution < -0.4 is 5.32 Å². The summed E-state index contributed by atoms with van der Waals surface area (Å²) in [7, 11) is 0. The largest absolute Gasteiger partial charge is 0.467 e. The molecule has 3 rings (SSSR count). The maximum atomic E-state index is 12.9. The summed E-state index contributed by atoms with van der Waals surface area (Å²) >= 11 is 5.46. The van der Waals surface area contributed by atoms with Gasteiger partial charge in [0.1, 0.15) is 5.76 Å². The summed E-state index contributed by atoms with van der Waals surface area (Å²) in [5, 5.41) is 3.43. The first-order chi connectivity index (χ1) is 11.7. The molecule has 1 heterocycles. The molecule has 0 unspecified atom stereocenters. The molecule has 4 nitrogen and oxygen atoms in total. The van der Waals surface area contributed by atoms with E-state index >= 15 is 0 Å². The van der Waals surface area contributed by atoms with Crippen molar-refractivity contribution in [2.75, 3.05) is 5.32 Å². The first-order valence-corrected chi connectivity index (χ1v) is 7.90. The third kappa shape index (κ3) is 3.88. The van der Waals surface area contributed by atoms with Crippen LogP contribution in [0.25, 0.3) is 0 Å². The minimum atomic E-state index is -0.180. The van der Waals surface area contributed by atoms with Gasteiger partial charge in [0, 0.05) is 11.3 Å². The lowest BCUT2D eigenvalue weighted by Crippen LogP contribution is -2.39. The Balaban J connectivity index is 1.84. The van der Waals surface area contributed by atoms with Gasteiger partial charge >= 0.3 is 0 Å². The fourth-order valence-electron chi connectivity index (χ4n) is 2.24. The van der Waals surface area contributed by atoms with E-state index in [2.05, 4.69) is 5.32 Å². The first kappa shape index (κ1) is 16.0. The second-order valence-corrected chi connectivity index (χ2v) is 5.52. The maximum Gasteiger partial charge on any atom is 0.260 e. The van der Waals surface area contributed by atoms with Crippen LogP contribution in [-0.2, 0) is 6.54 Å². The third-order valence-corrected chi connectivity index (χ3v) is 3.75. The van der Waals surface area contributed by atoms with Gasteiger partial charge in [0.15, 0.2) is 5.11 Å². The summed E-state index contributed by atoms with van der Waals surface area (Å²) in [5.74, 6) is 0.483. The molecule has 0 fully saturated rings. The number of anilines is 1. The second kappa shape index (κ2) is 7.57. The Hall–Kier alpha value is -2.92. The fourth-order valence-corrected chi connectivity index (χ4v) is 2.51. The summed E-state index contributed by atoms with van der Waals surface area (Å²) in [6.45, 7) is 0.263. The van der Waals surface area contributed by atoms with Crippen molar-refractivity contribution in [2.24, 2.45) is 0 Å². The van der Waals surface area contributed by atoms with Crippen molar-refractivity contribution in [3.63, 3.8) is 0 Å². The van der Waals surface area contributed by atoms with Gasteiger partial charge in [-0.3, -0.25) is 9.69 Å². The molecule has 1 N–H and O–H groups in total. The quantitative estimate of drug-likeness (QED) is 0.721. The van der Waals surface area contributed by atoms with Crippen LogP contribution in [0.3, 0.4) is 0 Å². The van der Waals surface area contributed by atoms with Crippen molar-refractivity contribution in [3.8, 4) is 0 Å². The molecule has 24 heavy (non-hydrogen) atoms. The number of amides is 1. The summed E-state index contributed by atoms with van der Waals surface area (Å²) in [4.78, 5) is 14.4. The smallest absolute Gasteiger partial charge is 0.260 e. The molecule has 1 aromatic heterocycles. The molecule has 0 spiro atoms. The van der Waals surface area contributed by atoms with E-state index in [9.17, 15) is 4.79 Å². The highest BCUT2D eigenvalue weighted by Crippen LogP contribution is 2.14. The molecule has 0 aliphatic carbocycles. The standard InChI is InChI=1S/C19H16N2O2S/c22-18(15-8-3-1-4-9-15)21(14-17-12-7-13-23-17)19(24)20-16-10-5-2-6-11-16/h1-13H,14H2,(H,20,24). The van der Waals surface area contributed by atoms with Gasteiger partial charge in [0.25, 0.3) is 5.91 Å². The zero-order valence-corrected chi connectivity index (χ0v) is 13.7. The lowest BCUT2D eigenvalue weighted by molar-refractivity contribution is 0.0835. The molecular weight excluding hydrogens is 320 g/mol. The average Bonchev–Trinajstić information content (AvgIpc) is 3.14. The molecule has 0 aliphatic heterocycles. The predicted molar refractivity (Wildman–Crippen MR) is 97.7 cm³/mol. The number of para-hydroxylation sites is 1. The minimum Gasteiger partial charge on any atom is -0.467 e. The van der Waals surface area contributed by atoms with Gasteiger partial charge < -0.3 is 9.73 Å². The van der Waals surface area contributed by atoms with Crippen LogP contribution in [0, 0.1) is 0 Å². The zero-order valence-electron chi connectivity index (χ0n) is 12.9. The van der Waals surface area contributed by atoms with Gasteiger partial charge in [0.2, 0.25) is 0 Å². The lowest BCUT2D eigenvalue weighted by Gasteiger charge is -2.23. The summed E-state index contributed by atoms with van der Waals surface area (Å²) < 4.78 is 5.37. The summed E-state index contributed by atoms with van der Waals surface area (Å²) in [6, 6.07) is 22.2. The highest BCUT2D eigenvalue weighted by Gasteiger charge is 2.21. The van der Waals surface area contributed by atoms with Gasteiger partial charge in [-0.15, -0.1) is 0 Å². The Labute approximate surface area is 145 Å². The number of carbonyl (C=O) groups is 1. The monoisotopic (exact) mass is 336 g/mol. The number of rotatable bonds is 4. The van der Waals surface area contributed by atoms with E-state index in [4.69, 9.17) is 16.6 Å². The predicted octanol–water partition coefficient (Wildman–Crippen LogP) is 4.32. The zero-order chi connectivity index (χ0) is 16.8. The summed E-state index contributed by atoms with van der Waals surface area (Å²) in [6.07, 6.45) is 1.58. The molecule has 3 aromatic rings. The van der Waals surface area contributed by atoms with Gasteiger partial charge in [-0.2, -0.15) is 0 Å². The highest BCUT2D eigenvalue weighted by atomic mass is 32.1. The first-order valence-electron chi connectivity index (χ1n) is 7.49. The van der Waals surface area contributed by atoms with Crippen LogP contribution in [-0.4, -0.2) is 15.9 Å². The molecule has 0 saturated carbocycles. The Morgan fingerprint density at radius 3 is 2.25 bits per heavy atom. The van der Waals surface area contributed by atoms with E-state index in [0.717, 1.165) is 5.69 Å². The number of carbonyl (C=O) groups excluding carboxylic acids is 1. The summed E-state index contributed by atoms with van der Waals surface area (Å²) in [5.41, 5.74) is 1.40. The van der Waals surface area contributed by atoms with Crippen LogP contribution in [0.15, 0.2) is 83.5 Å². The molecule has 120 valence electrons. The number of hydrogen-bond acceptors (Lipinski definition) is 3. The molecule has 0 radical (unpaired) electrons. The van der Waals surface area contributed by atoms with E-state index in [1.807, 2.05) is 54.6 Å². The SMILES string of the molecule is O=C(c1ccccc1)N(Cc1ccco1)C(=S)Nc1ccccc1. The maximum absolute atomic E-state index is 12.9. The van der Waals surface area contributed by atoms with E-state index < -0.39 is 0 Å². The molecule has 0 atom stereocenters. The van der Waals surface area contributed by atoms with Gasteiger partial charge in [-0.25, -0.2) is 0 Å². The van der Waals surface area contributed by atoms with Crippen molar-refractivity contribution >= 4 is 28.9 Å². The van der Waals surface area contributed by atoms with Crippen LogP contribution in [0.5, 0.6) is 0 Å². The number of benzene rings is 2. The fraction of sp³-hybridized carbons (Fsp3) is 0.0526. The highest BCUT2D eigenvalue weighted by molar-refractivity contribution is 7.80. The van der Waals surface area contributed by atoms with Gasteiger partial charge in [-0.1, -0.05) is 36.4 Å². The van der Waals surface area contributed by atoms with Crippen LogP contribution in [0.2, 0.25) is 0 Å². The van der Waals surface area contributed by atoms with Crippen molar-refractivity contribution in [1.29, 1.82) is 0 Å². The van der Waals surface area contributed by atoms with Crippen LogP contribution in [0.4, 0.5) is 5.69 Å². The van der Waals surface area contributed by atoms with Crippen molar-refractivity contribution in [2.45, 2.75) is 6.54 Å². The van der Waals surface area contributed by atoms with Crippen molar-refractivity contribution < 1.29 is 9.21 Å². The lowest BCUT2D eigenvalue weighted by atomic mass is 10.2. The molecule has 0 aliphatic rings. The number of thiocarbonyl (C=S) groups is 1. The normalized spacial score (nSPS) is 10.2. The van der Waals surface area contributed by atoms with E-state index in [1.165, 1.54) is 4.90 Å². The Morgan fingerprint density at radius 2 is 1.62 bits per heavy atom. The Morgan fingerprint density at radius 1 is 0.958 bits per heavy atom. The van der Waals surface area contributed by atoms with E-state index in [1.54, 1.807) is 24.5 Å². The van der Waals surface area contributed by atoms with Crippen LogP contribution >= 0.6 is 12.2 Å². The number of nitrogens with one attached hydrogen (secondary N) is 1. The Bertz CT molecular complexity index is 802. The van der Waals surface area contributed by atoms with Crippen molar-refractivity contribution in [3.05, 3.63) is 90.4 Å². The van der Waals surface area contributed by atoms with Crippen LogP contribution in [0.1, 0.15) is 16.1 Å².